The molecule has 0 spiro atoms. The summed E-state index contributed by atoms with van der Waals surface area (Å²) in [5.41, 5.74) is 0. The fourth-order valence-corrected chi connectivity index (χ4v) is 4.63. The second-order valence-electron chi connectivity index (χ2n) is 4.23. The number of hydrogen-bond acceptors (Lipinski definition) is 4. The van der Waals surface area contributed by atoms with E-state index in [9.17, 15) is 8.42 Å². The molecule has 1 fully saturated rings. The molecular weight excluding hydrogens is 356 g/mol. The first-order chi connectivity index (χ1) is 8.94. The van der Waals surface area contributed by atoms with E-state index in [1.165, 1.54) is 13.2 Å². The molecule has 1 aliphatic heterocycles. The molecule has 2 rings (SSSR count). The first-order valence-corrected chi connectivity index (χ1v) is 8.35. The smallest absolute Gasteiger partial charge is 0.244 e. The van der Waals surface area contributed by atoms with Crippen molar-refractivity contribution in [3.8, 4) is 5.75 Å². The molecule has 0 radical (unpaired) electrons. The lowest BCUT2D eigenvalue weighted by Crippen LogP contribution is -2.36. The van der Waals surface area contributed by atoms with Crippen molar-refractivity contribution < 1.29 is 13.2 Å². The minimum absolute atomic E-state index is 0.0428. The summed E-state index contributed by atoms with van der Waals surface area (Å²) in [5, 5.41) is 3.44. The van der Waals surface area contributed by atoms with Crippen LogP contribution in [0.1, 0.15) is 6.42 Å². The van der Waals surface area contributed by atoms with Gasteiger partial charge in [-0.1, -0.05) is 11.6 Å². The summed E-state index contributed by atoms with van der Waals surface area (Å²) in [5.74, 6) is 0.253. The first-order valence-electron chi connectivity index (χ1n) is 5.70. The SMILES string of the molecule is COc1c(Br)cc(Cl)cc1S(=O)(=O)N[C@H]1CCNC1. The maximum absolute atomic E-state index is 12.4. The number of halogens is 2. The van der Waals surface area contributed by atoms with E-state index in [1.54, 1.807) is 6.07 Å². The van der Waals surface area contributed by atoms with Crippen LogP contribution in [0.5, 0.6) is 5.75 Å². The second kappa shape index (κ2) is 5.97. The molecule has 0 aliphatic carbocycles. The lowest BCUT2D eigenvalue weighted by Gasteiger charge is -2.15. The lowest BCUT2D eigenvalue weighted by molar-refractivity contribution is 0.399. The van der Waals surface area contributed by atoms with Crippen LogP contribution in [0.4, 0.5) is 0 Å². The molecule has 1 saturated heterocycles. The Morgan fingerprint density at radius 3 is 2.84 bits per heavy atom. The average molecular weight is 370 g/mol. The summed E-state index contributed by atoms with van der Waals surface area (Å²) >= 11 is 9.16. The molecule has 1 aliphatic rings. The number of nitrogens with one attached hydrogen (secondary N) is 2. The molecular formula is C11H14BrClN2O3S. The highest BCUT2D eigenvalue weighted by molar-refractivity contribution is 9.10. The number of methoxy groups -OCH3 is 1. The van der Waals surface area contributed by atoms with Crippen molar-refractivity contribution in [1.82, 2.24) is 10.0 Å². The molecule has 1 atom stereocenters. The summed E-state index contributed by atoms with van der Waals surface area (Å²) in [6, 6.07) is 2.87. The van der Waals surface area contributed by atoms with Gasteiger partial charge >= 0.3 is 0 Å². The Hall–Kier alpha value is -0.340. The van der Waals surface area contributed by atoms with Gasteiger partial charge in [0.2, 0.25) is 10.0 Å². The zero-order valence-corrected chi connectivity index (χ0v) is 13.4. The highest BCUT2D eigenvalue weighted by atomic mass is 79.9. The van der Waals surface area contributed by atoms with Gasteiger partial charge in [0.1, 0.15) is 4.90 Å². The highest BCUT2D eigenvalue weighted by Crippen LogP contribution is 2.35. The standard InChI is InChI=1S/C11H14BrClN2O3S/c1-18-11-9(12)4-7(13)5-10(11)19(16,17)15-8-2-3-14-6-8/h4-5,8,14-15H,2-3,6H2,1H3/t8-/m0/s1. The van der Waals surface area contributed by atoms with Crippen molar-refractivity contribution in [3.63, 3.8) is 0 Å². The van der Waals surface area contributed by atoms with Crippen LogP contribution in [0.25, 0.3) is 0 Å². The quantitative estimate of drug-likeness (QED) is 0.848. The molecule has 0 amide bonds. The van der Waals surface area contributed by atoms with Gasteiger partial charge in [-0.3, -0.25) is 0 Å². The van der Waals surface area contributed by atoms with Crippen molar-refractivity contribution in [2.75, 3.05) is 20.2 Å². The van der Waals surface area contributed by atoms with Gasteiger partial charge < -0.3 is 10.1 Å². The summed E-state index contributed by atoms with van der Waals surface area (Å²) in [6.07, 6.45) is 0.767. The predicted octanol–water partition coefficient (Wildman–Crippen LogP) is 1.75. The van der Waals surface area contributed by atoms with Crippen LogP contribution in [0.2, 0.25) is 5.02 Å². The fourth-order valence-electron chi connectivity index (χ4n) is 1.97. The third-order valence-electron chi connectivity index (χ3n) is 2.85. The van der Waals surface area contributed by atoms with Crippen LogP contribution in [-0.2, 0) is 10.0 Å². The highest BCUT2D eigenvalue weighted by Gasteiger charge is 2.27. The second-order valence-corrected chi connectivity index (χ2v) is 7.20. The topological polar surface area (TPSA) is 67.4 Å². The van der Waals surface area contributed by atoms with Crippen molar-refractivity contribution in [2.24, 2.45) is 0 Å². The van der Waals surface area contributed by atoms with E-state index in [4.69, 9.17) is 16.3 Å². The fraction of sp³-hybridized carbons (Fsp3) is 0.455. The maximum atomic E-state index is 12.4. The van der Waals surface area contributed by atoms with Gasteiger partial charge in [-0.05, 0) is 41.0 Å². The van der Waals surface area contributed by atoms with Gasteiger partial charge in [-0.25, -0.2) is 13.1 Å². The molecule has 5 nitrogen and oxygen atoms in total. The number of benzene rings is 1. The third kappa shape index (κ3) is 3.41. The zero-order valence-electron chi connectivity index (χ0n) is 10.2. The molecule has 106 valence electrons. The van der Waals surface area contributed by atoms with Gasteiger partial charge in [0, 0.05) is 17.6 Å². The maximum Gasteiger partial charge on any atom is 0.244 e. The van der Waals surface area contributed by atoms with Crippen LogP contribution in [0, 0.1) is 0 Å². The van der Waals surface area contributed by atoms with Gasteiger partial charge in [-0.15, -0.1) is 0 Å². The molecule has 0 unspecified atom stereocenters. The lowest BCUT2D eigenvalue weighted by atomic mass is 10.3. The number of hydrogen-bond donors (Lipinski definition) is 2. The number of rotatable bonds is 4. The predicted molar refractivity (Wildman–Crippen MR) is 77.3 cm³/mol. The van der Waals surface area contributed by atoms with E-state index in [2.05, 4.69) is 26.0 Å². The van der Waals surface area contributed by atoms with E-state index in [0.717, 1.165) is 13.0 Å². The molecule has 1 aromatic carbocycles. The molecule has 8 heteroatoms. The Morgan fingerprint density at radius 1 is 1.53 bits per heavy atom. The van der Waals surface area contributed by atoms with Crippen molar-refractivity contribution in [1.29, 1.82) is 0 Å². The molecule has 19 heavy (non-hydrogen) atoms. The Kier molecular flexibility index (Phi) is 4.73. The summed E-state index contributed by atoms with van der Waals surface area (Å²) in [6.45, 7) is 1.44. The molecule has 0 saturated carbocycles. The van der Waals surface area contributed by atoms with Gasteiger partial charge in [0.15, 0.2) is 5.75 Å². The number of sulfonamides is 1. The Balaban J connectivity index is 2.38. The molecule has 2 N–H and O–H groups in total. The van der Waals surface area contributed by atoms with Crippen LogP contribution in [0.15, 0.2) is 21.5 Å². The van der Waals surface area contributed by atoms with Gasteiger partial charge in [0.05, 0.1) is 11.6 Å². The van der Waals surface area contributed by atoms with Crippen LogP contribution in [-0.4, -0.2) is 34.7 Å². The Morgan fingerprint density at radius 2 is 2.26 bits per heavy atom. The van der Waals surface area contributed by atoms with E-state index in [0.29, 0.717) is 16.0 Å². The minimum atomic E-state index is -3.66. The normalized spacial score (nSPS) is 19.6. The molecule has 1 aromatic rings. The summed E-state index contributed by atoms with van der Waals surface area (Å²) in [7, 11) is -2.24. The summed E-state index contributed by atoms with van der Waals surface area (Å²) < 4.78 is 33.0. The molecule has 0 aromatic heterocycles. The zero-order chi connectivity index (χ0) is 14.0. The van der Waals surface area contributed by atoms with Crippen molar-refractivity contribution in [2.45, 2.75) is 17.4 Å². The van der Waals surface area contributed by atoms with E-state index < -0.39 is 10.0 Å². The van der Waals surface area contributed by atoms with E-state index >= 15 is 0 Å². The van der Waals surface area contributed by atoms with Crippen LogP contribution in [0.3, 0.4) is 0 Å². The molecule has 1 heterocycles. The van der Waals surface area contributed by atoms with Gasteiger partial charge in [0.25, 0.3) is 0 Å². The van der Waals surface area contributed by atoms with Gasteiger partial charge in [-0.2, -0.15) is 0 Å². The third-order valence-corrected chi connectivity index (χ3v) is 5.18. The first kappa shape index (κ1) is 15.1. The van der Waals surface area contributed by atoms with E-state index in [-0.39, 0.29) is 16.7 Å². The minimum Gasteiger partial charge on any atom is -0.494 e. The Bertz CT molecular complexity index is 574. The Labute approximate surface area is 125 Å². The summed E-state index contributed by atoms with van der Waals surface area (Å²) in [4.78, 5) is 0.0428. The van der Waals surface area contributed by atoms with Crippen molar-refractivity contribution >= 4 is 37.6 Å². The molecule has 0 bridgehead atoms. The number of ether oxygens (including phenoxy) is 1. The monoisotopic (exact) mass is 368 g/mol. The largest absolute Gasteiger partial charge is 0.494 e. The average Bonchev–Trinajstić information content (AvgIpc) is 2.80. The van der Waals surface area contributed by atoms with Crippen LogP contribution < -0.4 is 14.8 Å². The van der Waals surface area contributed by atoms with Crippen LogP contribution >= 0.6 is 27.5 Å². The van der Waals surface area contributed by atoms with E-state index in [1.807, 2.05) is 0 Å². The van der Waals surface area contributed by atoms with Crippen molar-refractivity contribution in [3.05, 3.63) is 21.6 Å².